The molecule has 0 N–H and O–H groups in total. The standard InChI is InChI=1S/C12H16ClIN2O2/c13-11-9(4-3-6-14)8-15-16(12(11)17)10-5-1-2-7-18-10/h8,10H,1-7H2. The summed E-state index contributed by atoms with van der Waals surface area (Å²) in [6, 6.07) is 0. The molecule has 0 saturated carbocycles. The predicted molar refractivity (Wildman–Crippen MR) is 79.6 cm³/mol. The number of hydrogen-bond donors (Lipinski definition) is 0. The third kappa shape index (κ3) is 3.24. The molecule has 1 atom stereocenters. The Labute approximate surface area is 125 Å². The SMILES string of the molecule is O=c1c(Cl)c(CCCI)cnn1C1CCCCO1. The van der Waals surface area contributed by atoms with Crippen molar-refractivity contribution in [1.29, 1.82) is 0 Å². The lowest BCUT2D eigenvalue weighted by molar-refractivity contribution is -0.0425. The molecule has 18 heavy (non-hydrogen) atoms. The summed E-state index contributed by atoms with van der Waals surface area (Å²) in [7, 11) is 0. The van der Waals surface area contributed by atoms with Gasteiger partial charge in [0.1, 0.15) is 5.02 Å². The second-order valence-electron chi connectivity index (χ2n) is 4.35. The van der Waals surface area contributed by atoms with E-state index in [-0.39, 0.29) is 11.8 Å². The van der Waals surface area contributed by atoms with Crippen molar-refractivity contribution < 1.29 is 4.74 Å². The van der Waals surface area contributed by atoms with Gasteiger partial charge in [0.25, 0.3) is 5.56 Å². The van der Waals surface area contributed by atoms with Crippen molar-refractivity contribution in [3.8, 4) is 0 Å². The fourth-order valence-corrected chi connectivity index (χ4v) is 2.64. The fourth-order valence-electron chi connectivity index (χ4n) is 2.03. The Morgan fingerprint density at radius 3 is 3.06 bits per heavy atom. The van der Waals surface area contributed by atoms with Gasteiger partial charge in [0.2, 0.25) is 0 Å². The van der Waals surface area contributed by atoms with Gasteiger partial charge in [-0.15, -0.1) is 0 Å². The Hall–Kier alpha value is -0.140. The molecule has 1 aliphatic heterocycles. The van der Waals surface area contributed by atoms with Crippen molar-refractivity contribution in [2.45, 2.75) is 38.3 Å². The predicted octanol–water partition coefficient (Wildman–Crippen LogP) is 2.96. The van der Waals surface area contributed by atoms with Crippen LogP contribution in [-0.2, 0) is 11.2 Å². The molecule has 1 aromatic heterocycles. The van der Waals surface area contributed by atoms with Crippen LogP contribution in [0.25, 0.3) is 0 Å². The first-order valence-corrected chi connectivity index (χ1v) is 8.08. The van der Waals surface area contributed by atoms with Crippen LogP contribution in [0.4, 0.5) is 0 Å². The van der Waals surface area contributed by atoms with Gasteiger partial charge < -0.3 is 4.74 Å². The third-order valence-electron chi connectivity index (χ3n) is 3.02. The average molecular weight is 383 g/mol. The molecule has 2 heterocycles. The van der Waals surface area contributed by atoms with Crippen LogP contribution in [0.15, 0.2) is 11.0 Å². The summed E-state index contributed by atoms with van der Waals surface area (Å²) in [4.78, 5) is 12.1. The molecule has 4 nitrogen and oxygen atoms in total. The Morgan fingerprint density at radius 1 is 1.56 bits per heavy atom. The maximum Gasteiger partial charge on any atom is 0.288 e. The number of aryl methyl sites for hydroxylation is 1. The van der Waals surface area contributed by atoms with Crippen LogP contribution in [0.3, 0.4) is 0 Å². The van der Waals surface area contributed by atoms with E-state index in [4.69, 9.17) is 16.3 Å². The molecule has 0 spiro atoms. The van der Waals surface area contributed by atoms with E-state index in [1.165, 1.54) is 4.68 Å². The van der Waals surface area contributed by atoms with E-state index in [2.05, 4.69) is 27.7 Å². The van der Waals surface area contributed by atoms with Crippen molar-refractivity contribution in [2.24, 2.45) is 0 Å². The fraction of sp³-hybridized carbons (Fsp3) is 0.667. The van der Waals surface area contributed by atoms with E-state index in [1.807, 2.05) is 0 Å². The Kier molecular flexibility index (Phi) is 5.44. The second kappa shape index (κ2) is 6.86. The van der Waals surface area contributed by atoms with Gasteiger partial charge in [-0.1, -0.05) is 34.2 Å². The minimum atomic E-state index is -0.248. The molecule has 0 amide bonds. The molecule has 0 aromatic carbocycles. The number of nitrogens with zero attached hydrogens (tertiary/aromatic N) is 2. The van der Waals surface area contributed by atoms with E-state index < -0.39 is 0 Å². The number of alkyl halides is 1. The number of ether oxygens (including phenoxy) is 1. The highest BCUT2D eigenvalue weighted by atomic mass is 127. The summed E-state index contributed by atoms with van der Waals surface area (Å²) < 4.78 is 7.99. The van der Waals surface area contributed by atoms with Crippen LogP contribution >= 0.6 is 34.2 Å². The first-order valence-electron chi connectivity index (χ1n) is 6.18. The molecule has 0 bridgehead atoms. The minimum absolute atomic E-state index is 0.227. The molecule has 0 radical (unpaired) electrons. The van der Waals surface area contributed by atoms with E-state index in [0.717, 1.165) is 42.1 Å². The zero-order valence-electron chi connectivity index (χ0n) is 10.1. The summed E-state index contributed by atoms with van der Waals surface area (Å²) in [5.41, 5.74) is 0.611. The Morgan fingerprint density at radius 2 is 2.39 bits per heavy atom. The lowest BCUT2D eigenvalue weighted by Gasteiger charge is -2.23. The molecule has 100 valence electrons. The summed E-state index contributed by atoms with van der Waals surface area (Å²) in [5.74, 6) is 0. The van der Waals surface area contributed by atoms with E-state index in [0.29, 0.717) is 11.6 Å². The van der Waals surface area contributed by atoms with Crippen molar-refractivity contribution in [3.05, 3.63) is 27.1 Å². The Bertz CT molecular complexity index is 458. The van der Waals surface area contributed by atoms with Crippen molar-refractivity contribution in [1.82, 2.24) is 9.78 Å². The van der Waals surface area contributed by atoms with Crippen LogP contribution in [0.2, 0.25) is 5.02 Å². The highest BCUT2D eigenvalue weighted by molar-refractivity contribution is 14.1. The monoisotopic (exact) mass is 382 g/mol. The third-order valence-corrected chi connectivity index (χ3v) is 4.19. The maximum absolute atomic E-state index is 12.1. The molecule has 1 unspecified atom stereocenters. The highest BCUT2D eigenvalue weighted by Crippen LogP contribution is 2.21. The number of halogens is 2. The maximum atomic E-state index is 12.1. The number of rotatable bonds is 4. The molecule has 6 heteroatoms. The number of hydrogen-bond acceptors (Lipinski definition) is 3. The van der Waals surface area contributed by atoms with Gasteiger partial charge in [-0.25, -0.2) is 0 Å². The van der Waals surface area contributed by atoms with Gasteiger partial charge in [0.05, 0.1) is 6.20 Å². The van der Waals surface area contributed by atoms with Crippen molar-refractivity contribution in [2.75, 3.05) is 11.0 Å². The summed E-state index contributed by atoms with van der Waals surface area (Å²) >= 11 is 8.43. The first kappa shape index (κ1) is 14.3. The largest absolute Gasteiger partial charge is 0.356 e. The van der Waals surface area contributed by atoms with Gasteiger partial charge in [-0.05, 0) is 42.1 Å². The van der Waals surface area contributed by atoms with Crippen molar-refractivity contribution >= 4 is 34.2 Å². The summed E-state index contributed by atoms with van der Waals surface area (Å²) in [5, 5.41) is 4.50. The quantitative estimate of drug-likeness (QED) is 0.594. The normalized spacial score (nSPS) is 20.0. The lowest BCUT2D eigenvalue weighted by atomic mass is 10.1. The average Bonchev–Trinajstić information content (AvgIpc) is 2.41. The van der Waals surface area contributed by atoms with Crippen molar-refractivity contribution in [3.63, 3.8) is 0 Å². The zero-order valence-corrected chi connectivity index (χ0v) is 13.0. The molecule has 1 aromatic rings. The topological polar surface area (TPSA) is 44.1 Å². The number of aromatic nitrogens is 2. The molecule has 1 fully saturated rings. The van der Waals surface area contributed by atoms with E-state index in [1.54, 1.807) is 6.20 Å². The van der Waals surface area contributed by atoms with Crippen LogP contribution < -0.4 is 5.56 Å². The van der Waals surface area contributed by atoms with Crippen LogP contribution in [0, 0.1) is 0 Å². The molecule has 2 rings (SSSR count). The molecule has 0 aliphatic carbocycles. The first-order chi connectivity index (χ1) is 8.74. The zero-order chi connectivity index (χ0) is 13.0. The summed E-state index contributed by atoms with van der Waals surface area (Å²) in [6.45, 7) is 0.687. The van der Waals surface area contributed by atoms with E-state index in [9.17, 15) is 4.79 Å². The molecule has 1 saturated heterocycles. The molecular formula is C12H16ClIN2O2. The lowest BCUT2D eigenvalue weighted by Crippen LogP contribution is -2.31. The summed E-state index contributed by atoms with van der Waals surface area (Å²) in [6.07, 6.45) is 6.20. The van der Waals surface area contributed by atoms with Gasteiger partial charge in [0.15, 0.2) is 6.23 Å². The highest BCUT2D eigenvalue weighted by Gasteiger charge is 2.20. The second-order valence-corrected chi connectivity index (χ2v) is 5.80. The smallest absolute Gasteiger partial charge is 0.288 e. The van der Waals surface area contributed by atoms with Crippen LogP contribution in [-0.4, -0.2) is 20.8 Å². The van der Waals surface area contributed by atoms with Gasteiger partial charge >= 0.3 is 0 Å². The van der Waals surface area contributed by atoms with Gasteiger partial charge in [-0.2, -0.15) is 9.78 Å². The molecular weight excluding hydrogens is 367 g/mol. The van der Waals surface area contributed by atoms with Gasteiger partial charge in [0, 0.05) is 6.61 Å². The minimum Gasteiger partial charge on any atom is -0.356 e. The van der Waals surface area contributed by atoms with E-state index >= 15 is 0 Å². The molecule has 1 aliphatic rings. The Balaban J connectivity index is 2.22. The van der Waals surface area contributed by atoms with Crippen LogP contribution in [0.5, 0.6) is 0 Å². The van der Waals surface area contributed by atoms with Gasteiger partial charge in [-0.3, -0.25) is 4.79 Å². The van der Waals surface area contributed by atoms with Crippen LogP contribution in [0.1, 0.15) is 37.5 Å².